The number of nitrogens with one attached hydrogen (secondary N) is 2. The Bertz CT molecular complexity index is 928. The summed E-state index contributed by atoms with van der Waals surface area (Å²) < 4.78 is 5.42. The van der Waals surface area contributed by atoms with E-state index in [0.29, 0.717) is 23.5 Å². The Morgan fingerprint density at radius 3 is 2.77 bits per heavy atom. The number of carbonyl (C=O) groups excluding carboxylic acids is 3. The van der Waals surface area contributed by atoms with Gasteiger partial charge in [0.1, 0.15) is 5.75 Å². The molecular weight excluding hydrogens is 382 g/mol. The Morgan fingerprint density at radius 1 is 1.17 bits per heavy atom. The van der Waals surface area contributed by atoms with E-state index in [4.69, 9.17) is 4.74 Å². The van der Waals surface area contributed by atoms with Gasteiger partial charge in [-0.2, -0.15) is 0 Å². The third-order valence-electron chi connectivity index (χ3n) is 5.04. The highest BCUT2D eigenvalue weighted by atomic mass is 16.5. The zero-order valence-electron chi connectivity index (χ0n) is 17.3. The molecule has 1 aliphatic heterocycles. The molecular formula is C23H27N3O4. The van der Waals surface area contributed by atoms with Gasteiger partial charge in [-0.05, 0) is 43.2 Å². The smallest absolute Gasteiger partial charge is 0.265 e. The van der Waals surface area contributed by atoms with Crippen molar-refractivity contribution in [3.8, 4) is 5.75 Å². The number of hydrogen-bond donors (Lipinski definition) is 2. The van der Waals surface area contributed by atoms with Crippen molar-refractivity contribution >= 4 is 23.4 Å². The Labute approximate surface area is 176 Å². The van der Waals surface area contributed by atoms with E-state index in [0.717, 1.165) is 12.0 Å². The molecule has 1 aliphatic rings. The number of ether oxygens (including phenoxy) is 1. The SMILES string of the molecule is CC[C@@H](C)NC(=O)c1cccc(CNC(=O)CCN2C(=O)COc3ccccc32)c1. The third-order valence-corrected chi connectivity index (χ3v) is 5.04. The zero-order chi connectivity index (χ0) is 21.5. The standard InChI is InChI=1S/C23H27N3O4/c1-3-16(2)25-23(29)18-8-6-7-17(13-18)14-24-21(27)11-12-26-19-9-4-5-10-20(19)30-15-22(26)28/h4-10,13,16H,3,11-12,14-15H2,1-2H3,(H,24,27)(H,25,29)/t16-/m1/s1. The number of para-hydroxylation sites is 2. The molecule has 0 spiro atoms. The van der Waals surface area contributed by atoms with Gasteiger partial charge in [-0.1, -0.05) is 31.2 Å². The summed E-state index contributed by atoms with van der Waals surface area (Å²) in [4.78, 5) is 38.3. The fraction of sp³-hybridized carbons (Fsp3) is 0.348. The summed E-state index contributed by atoms with van der Waals surface area (Å²) in [5.41, 5.74) is 2.09. The number of amides is 3. The van der Waals surface area contributed by atoms with E-state index in [9.17, 15) is 14.4 Å². The Morgan fingerprint density at radius 2 is 1.97 bits per heavy atom. The van der Waals surface area contributed by atoms with Gasteiger partial charge >= 0.3 is 0 Å². The number of hydrogen-bond acceptors (Lipinski definition) is 4. The molecule has 0 saturated carbocycles. The van der Waals surface area contributed by atoms with E-state index >= 15 is 0 Å². The molecule has 0 fully saturated rings. The van der Waals surface area contributed by atoms with E-state index in [-0.39, 0.29) is 43.3 Å². The van der Waals surface area contributed by atoms with Crippen LogP contribution in [-0.4, -0.2) is 36.9 Å². The molecule has 7 heteroatoms. The quantitative estimate of drug-likeness (QED) is 0.702. The molecule has 3 rings (SSSR count). The summed E-state index contributed by atoms with van der Waals surface area (Å²) in [5.74, 6) is 0.190. The van der Waals surface area contributed by atoms with Crippen molar-refractivity contribution < 1.29 is 19.1 Å². The van der Waals surface area contributed by atoms with Gasteiger partial charge in [-0.25, -0.2) is 0 Å². The van der Waals surface area contributed by atoms with Crippen molar-refractivity contribution in [1.29, 1.82) is 0 Å². The normalized spacial score (nSPS) is 13.8. The van der Waals surface area contributed by atoms with E-state index in [1.54, 1.807) is 35.2 Å². The third kappa shape index (κ3) is 5.37. The van der Waals surface area contributed by atoms with E-state index < -0.39 is 0 Å². The number of benzene rings is 2. The van der Waals surface area contributed by atoms with Gasteiger partial charge in [-0.3, -0.25) is 14.4 Å². The molecule has 0 aliphatic carbocycles. The van der Waals surface area contributed by atoms with Crippen LogP contribution in [0.3, 0.4) is 0 Å². The van der Waals surface area contributed by atoms with Crippen molar-refractivity contribution in [3.63, 3.8) is 0 Å². The molecule has 3 amide bonds. The Kier molecular flexibility index (Phi) is 7.06. The first-order chi connectivity index (χ1) is 14.5. The van der Waals surface area contributed by atoms with Gasteiger partial charge in [0, 0.05) is 31.1 Å². The van der Waals surface area contributed by atoms with Crippen LogP contribution in [0.25, 0.3) is 0 Å². The monoisotopic (exact) mass is 409 g/mol. The lowest BCUT2D eigenvalue weighted by Gasteiger charge is -2.29. The predicted octanol–water partition coefficient (Wildman–Crippen LogP) is 2.65. The number of fused-ring (bicyclic) bond motifs is 1. The van der Waals surface area contributed by atoms with Crippen LogP contribution < -0.4 is 20.3 Å². The van der Waals surface area contributed by atoms with Crippen molar-refractivity contribution in [3.05, 3.63) is 59.7 Å². The van der Waals surface area contributed by atoms with Crippen LogP contribution in [0.2, 0.25) is 0 Å². The van der Waals surface area contributed by atoms with Gasteiger partial charge in [0.25, 0.3) is 11.8 Å². The van der Waals surface area contributed by atoms with Crippen LogP contribution >= 0.6 is 0 Å². The fourth-order valence-corrected chi connectivity index (χ4v) is 3.13. The first-order valence-electron chi connectivity index (χ1n) is 10.2. The van der Waals surface area contributed by atoms with E-state index in [1.165, 1.54) is 0 Å². The zero-order valence-corrected chi connectivity index (χ0v) is 17.3. The summed E-state index contributed by atoms with van der Waals surface area (Å²) in [7, 11) is 0. The first-order valence-corrected chi connectivity index (χ1v) is 10.2. The molecule has 7 nitrogen and oxygen atoms in total. The highest BCUT2D eigenvalue weighted by molar-refractivity contribution is 5.98. The number of nitrogens with zero attached hydrogens (tertiary/aromatic N) is 1. The predicted molar refractivity (Wildman–Crippen MR) is 114 cm³/mol. The molecule has 0 unspecified atom stereocenters. The minimum atomic E-state index is -0.166. The first kappa shape index (κ1) is 21.4. The molecule has 0 saturated heterocycles. The molecule has 0 bridgehead atoms. The highest BCUT2D eigenvalue weighted by Crippen LogP contribution is 2.31. The van der Waals surface area contributed by atoms with Gasteiger partial charge in [0.15, 0.2) is 6.61 Å². The number of rotatable bonds is 8. The van der Waals surface area contributed by atoms with E-state index in [2.05, 4.69) is 10.6 Å². The maximum Gasteiger partial charge on any atom is 0.265 e. The summed E-state index contributed by atoms with van der Waals surface area (Å²) in [6.45, 7) is 4.54. The minimum Gasteiger partial charge on any atom is -0.482 e. The number of anilines is 1. The van der Waals surface area contributed by atoms with Crippen LogP contribution in [0.4, 0.5) is 5.69 Å². The second-order valence-corrected chi connectivity index (χ2v) is 7.31. The molecule has 0 radical (unpaired) electrons. The summed E-state index contributed by atoms with van der Waals surface area (Å²) in [6, 6.07) is 14.6. The lowest BCUT2D eigenvalue weighted by Crippen LogP contribution is -2.41. The van der Waals surface area contributed by atoms with Crippen LogP contribution in [0.1, 0.15) is 42.6 Å². The van der Waals surface area contributed by atoms with Crippen molar-refractivity contribution in [2.75, 3.05) is 18.1 Å². The van der Waals surface area contributed by atoms with Gasteiger partial charge in [-0.15, -0.1) is 0 Å². The van der Waals surface area contributed by atoms with Crippen LogP contribution in [0, 0.1) is 0 Å². The lowest BCUT2D eigenvalue weighted by atomic mass is 10.1. The Hall–Kier alpha value is -3.35. The largest absolute Gasteiger partial charge is 0.482 e. The lowest BCUT2D eigenvalue weighted by molar-refractivity contribution is -0.122. The van der Waals surface area contributed by atoms with Crippen LogP contribution in [0.15, 0.2) is 48.5 Å². The molecule has 1 atom stereocenters. The summed E-state index contributed by atoms with van der Waals surface area (Å²) in [5, 5.41) is 5.79. The molecule has 2 aromatic carbocycles. The molecule has 0 aromatic heterocycles. The molecule has 30 heavy (non-hydrogen) atoms. The van der Waals surface area contributed by atoms with Crippen LogP contribution in [0.5, 0.6) is 5.75 Å². The highest BCUT2D eigenvalue weighted by Gasteiger charge is 2.25. The van der Waals surface area contributed by atoms with Crippen LogP contribution in [-0.2, 0) is 16.1 Å². The van der Waals surface area contributed by atoms with Crippen molar-refractivity contribution in [1.82, 2.24) is 10.6 Å². The number of carbonyl (C=O) groups is 3. The second kappa shape index (κ2) is 9.91. The van der Waals surface area contributed by atoms with Crippen molar-refractivity contribution in [2.24, 2.45) is 0 Å². The topological polar surface area (TPSA) is 87.7 Å². The van der Waals surface area contributed by atoms with Crippen molar-refractivity contribution in [2.45, 2.75) is 39.3 Å². The molecule has 2 N–H and O–H groups in total. The minimum absolute atomic E-state index is 0.0237. The van der Waals surface area contributed by atoms with E-state index in [1.807, 2.05) is 32.0 Å². The summed E-state index contributed by atoms with van der Waals surface area (Å²) in [6.07, 6.45) is 1.03. The average Bonchev–Trinajstić information content (AvgIpc) is 2.77. The summed E-state index contributed by atoms with van der Waals surface area (Å²) >= 11 is 0. The van der Waals surface area contributed by atoms with Gasteiger partial charge in [0.2, 0.25) is 5.91 Å². The Balaban J connectivity index is 1.52. The van der Waals surface area contributed by atoms with Gasteiger partial charge in [0.05, 0.1) is 5.69 Å². The average molecular weight is 409 g/mol. The molecule has 2 aromatic rings. The maximum absolute atomic E-state index is 12.3. The molecule has 158 valence electrons. The second-order valence-electron chi connectivity index (χ2n) is 7.31. The van der Waals surface area contributed by atoms with Gasteiger partial charge < -0.3 is 20.3 Å². The molecule has 1 heterocycles. The maximum atomic E-state index is 12.3. The fourth-order valence-electron chi connectivity index (χ4n) is 3.13.